The lowest BCUT2D eigenvalue weighted by Gasteiger charge is -2.14. The molecule has 0 aliphatic carbocycles. The number of methoxy groups -OCH3 is 1. The quantitative estimate of drug-likeness (QED) is 0.290. The number of para-hydroxylation sites is 1. The number of aryl methyl sites for hydroxylation is 1. The smallest absolute Gasteiger partial charge is 0.272 e. The maximum atomic E-state index is 13.1. The summed E-state index contributed by atoms with van der Waals surface area (Å²) in [6.07, 6.45) is 1.43. The Balaban J connectivity index is 1.95. The van der Waals surface area contributed by atoms with E-state index in [2.05, 4.69) is 10.6 Å². The number of hydrogen-bond acceptors (Lipinski definition) is 5. The molecule has 0 aromatic heterocycles. The molecule has 2 amide bonds. The van der Waals surface area contributed by atoms with Crippen LogP contribution in [0.4, 0.5) is 11.4 Å². The number of nitro benzene ring substituents is 1. The van der Waals surface area contributed by atoms with E-state index >= 15 is 0 Å². The number of amides is 2. The van der Waals surface area contributed by atoms with Gasteiger partial charge in [-0.05, 0) is 66.6 Å². The van der Waals surface area contributed by atoms with E-state index in [1.807, 2.05) is 0 Å². The number of rotatable bonds is 7. The molecular weight excluding hydrogens is 446 g/mol. The zero-order chi connectivity index (χ0) is 24.0. The summed E-state index contributed by atoms with van der Waals surface area (Å²) in [6.45, 7) is 1.79. The van der Waals surface area contributed by atoms with Gasteiger partial charge >= 0.3 is 0 Å². The first-order chi connectivity index (χ1) is 15.8. The second-order valence-electron chi connectivity index (χ2n) is 6.97. The third-order valence-corrected chi connectivity index (χ3v) is 4.93. The van der Waals surface area contributed by atoms with Crippen LogP contribution >= 0.6 is 11.6 Å². The van der Waals surface area contributed by atoms with Crippen molar-refractivity contribution >= 4 is 40.9 Å². The fourth-order valence-corrected chi connectivity index (χ4v) is 3.22. The highest BCUT2D eigenvalue weighted by molar-refractivity contribution is 6.30. The molecule has 0 atom stereocenters. The summed E-state index contributed by atoms with van der Waals surface area (Å²) in [4.78, 5) is 36.4. The highest BCUT2D eigenvalue weighted by atomic mass is 35.5. The second kappa shape index (κ2) is 10.4. The van der Waals surface area contributed by atoms with Crippen molar-refractivity contribution in [2.24, 2.45) is 0 Å². The molecule has 0 bridgehead atoms. The van der Waals surface area contributed by atoms with Gasteiger partial charge in [0, 0.05) is 22.8 Å². The van der Waals surface area contributed by atoms with Crippen LogP contribution in [0.1, 0.15) is 21.5 Å². The molecule has 0 radical (unpaired) electrons. The Labute approximate surface area is 195 Å². The van der Waals surface area contributed by atoms with Crippen LogP contribution in [-0.4, -0.2) is 23.8 Å². The van der Waals surface area contributed by atoms with Gasteiger partial charge in [0.25, 0.3) is 17.5 Å². The summed E-state index contributed by atoms with van der Waals surface area (Å²) in [5.41, 5.74) is 1.83. The summed E-state index contributed by atoms with van der Waals surface area (Å²) in [7, 11) is 1.44. The molecule has 0 saturated heterocycles. The third-order valence-electron chi connectivity index (χ3n) is 4.70. The molecule has 168 valence electrons. The Kier molecular flexibility index (Phi) is 7.42. The van der Waals surface area contributed by atoms with E-state index in [9.17, 15) is 19.7 Å². The second-order valence-corrected chi connectivity index (χ2v) is 7.41. The minimum Gasteiger partial charge on any atom is -0.496 e. The van der Waals surface area contributed by atoms with E-state index in [4.69, 9.17) is 16.3 Å². The maximum absolute atomic E-state index is 13.1. The number of carbonyl (C=O) groups is 2. The number of nitro groups is 1. The van der Waals surface area contributed by atoms with E-state index in [1.165, 1.54) is 37.5 Å². The van der Waals surface area contributed by atoms with Crippen LogP contribution < -0.4 is 15.4 Å². The van der Waals surface area contributed by atoms with E-state index in [1.54, 1.807) is 49.4 Å². The van der Waals surface area contributed by atoms with Crippen molar-refractivity contribution in [2.45, 2.75) is 6.92 Å². The van der Waals surface area contributed by atoms with Gasteiger partial charge in [0.05, 0.1) is 17.6 Å². The highest BCUT2D eigenvalue weighted by Crippen LogP contribution is 2.22. The van der Waals surface area contributed by atoms with Crippen LogP contribution in [0.3, 0.4) is 0 Å². The average Bonchev–Trinajstić information content (AvgIpc) is 2.80. The van der Waals surface area contributed by atoms with E-state index in [0.29, 0.717) is 22.0 Å². The number of non-ortho nitro benzene ring substituents is 1. The van der Waals surface area contributed by atoms with Crippen molar-refractivity contribution in [1.82, 2.24) is 5.32 Å². The Morgan fingerprint density at radius 1 is 1.06 bits per heavy atom. The SMILES string of the molecule is COc1ccccc1C(=O)NC(=Cc1ccc([N+](=O)[O-])cc1)C(=O)Nc1ccc(Cl)cc1C. The van der Waals surface area contributed by atoms with Crippen molar-refractivity contribution in [1.29, 1.82) is 0 Å². The van der Waals surface area contributed by atoms with Crippen LogP contribution in [0.25, 0.3) is 6.08 Å². The summed E-state index contributed by atoms with van der Waals surface area (Å²) < 4.78 is 5.23. The number of anilines is 1. The molecule has 2 N–H and O–H groups in total. The fourth-order valence-electron chi connectivity index (χ4n) is 3.00. The summed E-state index contributed by atoms with van der Waals surface area (Å²) in [5, 5.41) is 16.8. The number of carbonyl (C=O) groups excluding carboxylic acids is 2. The minimum absolute atomic E-state index is 0.0610. The molecule has 3 aromatic carbocycles. The van der Waals surface area contributed by atoms with Crippen molar-refractivity contribution in [3.63, 3.8) is 0 Å². The number of hydrogen-bond donors (Lipinski definition) is 2. The zero-order valence-electron chi connectivity index (χ0n) is 17.8. The van der Waals surface area contributed by atoms with Gasteiger partial charge in [-0.3, -0.25) is 19.7 Å². The lowest BCUT2D eigenvalue weighted by Crippen LogP contribution is -2.31. The van der Waals surface area contributed by atoms with Crippen molar-refractivity contribution < 1.29 is 19.2 Å². The van der Waals surface area contributed by atoms with Crippen LogP contribution in [0.2, 0.25) is 5.02 Å². The Morgan fingerprint density at radius 3 is 2.39 bits per heavy atom. The molecule has 0 aliphatic rings. The lowest BCUT2D eigenvalue weighted by atomic mass is 10.1. The Morgan fingerprint density at radius 2 is 1.76 bits per heavy atom. The van der Waals surface area contributed by atoms with Crippen molar-refractivity contribution in [2.75, 3.05) is 12.4 Å². The molecule has 0 fully saturated rings. The van der Waals surface area contributed by atoms with Gasteiger partial charge in [-0.15, -0.1) is 0 Å². The molecule has 33 heavy (non-hydrogen) atoms. The van der Waals surface area contributed by atoms with Crippen LogP contribution in [0.15, 0.2) is 72.4 Å². The van der Waals surface area contributed by atoms with Gasteiger partial charge in [0.2, 0.25) is 0 Å². The third kappa shape index (κ3) is 5.96. The summed E-state index contributed by atoms with van der Waals surface area (Å²) in [6, 6.07) is 17.2. The largest absolute Gasteiger partial charge is 0.496 e. The molecule has 0 spiro atoms. The van der Waals surface area contributed by atoms with Crippen molar-refractivity contribution in [3.05, 3.63) is 104 Å². The number of ether oxygens (including phenoxy) is 1. The molecule has 0 unspecified atom stereocenters. The van der Waals surface area contributed by atoms with Gasteiger partial charge in [-0.1, -0.05) is 23.7 Å². The predicted octanol–water partition coefficient (Wildman–Crippen LogP) is 4.97. The Hall–Kier alpha value is -4.17. The standard InChI is InChI=1S/C24H20ClN3O5/c1-15-13-17(25)9-12-20(15)26-24(30)21(14-16-7-10-18(11-8-16)28(31)32)27-23(29)19-5-3-4-6-22(19)33-2/h3-14H,1-2H3,(H,26,30)(H,27,29). The normalized spacial score (nSPS) is 10.9. The van der Waals surface area contributed by atoms with Gasteiger partial charge in [-0.25, -0.2) is 0 Å². The van der Waals surface area contributed by atoms with E-state index < -0.39 is 16.7 Å². The molecule has 9 heteroatoms. The first-order valence-corrected chi connectivity index (χ1v) is 10.1. The number of halogens is 1. The first kappa shape index (κ1) is 23.5. The Bertz CT molecular complexity index is 1240. The predicted molar refractivity (Wildman–Crippen MR) is 126 cm³/mol. The van der Waals surface area contributed by atoms with Crippen molar-refractivity contribution in [3.8, 4) is 5.75 Å². The van der Waals surface area contributed by atoms with Crippen LogP contribution in [0, 0.1) is 17.0 Å². The zero-order valence-corrected chi connectivity index (χ0v) is 18.6. The van der Waals surface area contributed by atoms with Gasteiger partial charge in [0.1, 0.15) is 11.4 Å². The molecule has 0 heterocycles. The van der Waals surface area contributed by atoms with Crippen LogP contribution in [0.5, 0.6) is 5.75 Å². The van der Waals surface area contributed by atoms with Gasteiger partial charge in [0.15, 0.2) is 0 Å². The van der Waals surface area contributed by atoms with E-state index in [0.717, 1.165) is 5.56 Å². The summed E-state index contributed by atoms with van der Waals surface area (Å²) in [5.74, 6) is -0.788. The molecule has 3 rings (SSSR count). The monoisotopic (exact) mass is 465 g/mol. The van der Waals surface area contributed by atoms with E-state index in [-0.39, 0.29) is 16.9 Å². The summed E-state index contributed by atoms with van der Waals surface area (Å²) >= 11 is 5.98. The average molecular weight is 466 g/mol. The minimum atomic E-state index is -0.581. The van der Waals surface area contributed by atoms with Gasteiger partial charge in [-0.2, -0.15) is 0 Å². The molecule has 8 nitrogen and oxygen atoms in total. The fraction of sp³-hybridized carbons (Fsp3) is 0.0833. The van der Waals surface area contributed by atoms with Crippen LogP contribution in [-0.2, 0) is 4.79 Å². The van der Waals surface area contributed by atoms with Gasteiger partial charge < -0.3 is 15.4 Å². The molecule has 0 aliphatic heterocycles. The first-order valence-electron chi connectivity index (χ1n) is 9.76. The highest BCUT2D eigenvalue weighted by Gasteiger charge is 2.18. The number of nitrogens with zero attached hydrogens (tertiary/aromatic N) is 1. The topological polar surface area (TPSA) is 111 Å². The lowest BCUT2D eigenvalue weighted by molar-refractivity contribution is -0.384. The molecule has 3 aromatic rings. The molecule has 0 saturated carbocycles. The molecular formula is C24H20ClN3O5. The number of nitrogens with one attached hydrogen (secondary N) is 2. The maximum Gasteiger partial charge on any atom is 0.272 e. The number of benzene rings is 3.